The van der Waals surface area contributed by atoms with Gasteiger partial charge in [0.15, 0.2) is 0 Å². The van der Waals surface area contributed by atoms with Crippen LogP contribution in [0.25, 0.3) is 0 Å². The Morgan fingerprint density at radius 1 is 1.57 bits per heavy atom. The second-order valence-electron chi connectivity index (χ2n) is 3.53. The number of hydrogen-bond acceptors (Lipinski definition) is 4. The van der Waals surface area contributed by atoms with Gasteiger partial charge in [0.25, 0.3) is 0 Å². The summed E-state index contributed by atoms with van der Waals surface area (Å²) in [5, 5.41) is 3.26. The molecule has 0 spiro atoms. The van der Waals surface area contributed by atoms with Gasteiger partial charge in [-0.05, 0) is 26.2 Å². The average Bonchev–Trinajstić information content (AvgIpc) is 2.96. The maximum atomic E-state index is 11.5. The van der Waals surface area contributed by atoms with Crippen molar-refractivity contribution in [2.45, 2.75) is 38.3 Å². The van der Waals surface area contributed by atoms with Gasteiger partial charge in [-0.2, -0.15) is 0 Å². The lowest BCUT2D eigenvalue weighted by molar-refractivity contribution is -0.146. The zero-order chi connectivity index (χ0) is 10.4. The van der Waals surface area contributed by atoms with Crippen molar-refractivity contribution in [2.24, 2.45) is 0 Å². The predicted molar refractivity (Wildman–Crippen MR) is 53.1 cm³/mol. The molecule has 0 aliphatic heterocycles. The Morgan fingerprint density at radius 3 is 2.79 bits per heavy atom. The van der Waals surface area contributed by atoms with E-state index in [9.17, 15) is 4.79 Å². The number of rotatable bonds is 7. The van der Waals surface area contributed by atoms with Gasteiger partial charge >= 0.3 is 5.97 Å². The van der Waals surface area contributed by atoms with Crippen LogP contribution in [0.5, 0.6) is 0 Å². The molecule has 1 aliphatic carbocycles. The molecule has 1 saturated carbocycles. The summed E-state index contributed by atoms with van der Waals surface area (Å²) in [5.74, 6) is -0.156. The number of esters is 1. The van der Waals surface area contributed by atoms with Crippen LogP contribution in [0.1, 0.15) is 26.2 Å². The van der Waals surface area contributed by atoms with Gasteiger partial charge in [-0.15, -0.1) is 0 Å². The van der Waals surface area contributed by atoms with Gasteiger partial charge in [0.1, 0.15) is 6.04 Å². The van der Waals surface area contributed by atoms with E-state index in [1.807, 2.05) is 6.92 Å². The molecule has 0 saturated heterocycles. The normalized spacial score (nSPS) is 17.9. The monoisotopic (exact) mass is 201 g/mol. The second-order valence-corrected chi connectivity index (χ2v) is 3.53. The molecule has 1 atom stereocenters. The lowest BCUT2D eigenvalue weighted by Gasteiger charge is -2.16. The smallest absolute Gasteiger partial charge is 0.323 e. The van der Waals surface area contributed by atoms with E-state index in [0.29, 0.717) is 25.7 Å². The Morgan fingerprint density at radius 2 is 2.29 bits per heavy atom. The molecule has 1 fully saturated rings. The molecule has 1 rings (SSSR count). The zero-order valence-corrected chi connectivity index (χ0v) is 8.91. The van der Waals surface area contributed by atoms with Crippen LogP contribution in [0.4, 0.5) is 0 Å². The SMILES string of the molecule is CCOC(=O)C(CCOC)NC1CC1. The van der Waals surface area contributed by atoms with E-state index in [2.05, 4.69) is 5.32 Å². The molecule has 0 amide bonds. The van der Waals surface area contributed by atoms with E-state index in [-0.39, 0.29) is 12.0 Å². The van der Waals surface area contributed by atoms with Gasteiger partial charge in [-0.25, -0.2) is 0 Å². The Hall–Kier alpha value is -0.610. The third-order valence-electron chi connectivity index (χ3n) is 2.20. The minimum absolute atomic E-state index is 0.156. The fraction of sp³-hybridized carbons (Fsp3) is 0.900. The molecule has 1 N–H and O–H groups in total. The third kappa shape index (κ3) is 4.07. The van der Waals surface area contributed by atoms with Crippen LogP contribution in [-0.2, 0) is 14.3 Å². The maximum Gasteiger partial charge on any atom is 0.323 e. The van der Waals surface area contributed by atoms with E-state index >= 15 is 0 Å². The van der Waals surface area contributed by atoms with E-state index < -0.39 is 0 Å². The zero-order valence-electron chi connectivity index (χ0n) is 8.91. The van der Waals surface area contributed by atoms with Gasteiger partial charge in [0.05, 0.1) is 6.61 Å². The van der Waals surface area contributed by atoms with Gasteiger partial charge in [-0.3, -0.25) is 4.79 Å². The molecule has 14 heavy (non-hydrogen) atoms. The molecule has 0 aromatic carbocycles. The Kier molecular flexibility index (Phi) is 4.90. The summed E-state index contributed by atoms with van der Waals surface area (Å²) < 4.78 is 9.93. The molecule has 0 aromatic rings. The first-order chi connectivity index (χ1) is 6.77. The molecule has 0 aromatic heterocycles. The highest BCUT2D eigenvalue weighted by Crippen LogP contribution is 2.20. The third-order valence-corrected chi connectivity index (χ3v) is 2.20. The van der Waals surface area contributed by atoms with Crippen molar-refractivity contribution in [3.63, 3.8) is 0 Å². The van der Waals surface area contributed by atoms with Crippen LogP contribution in [0, 0.1) is 0 Å². The number of methoxy groups -OCH3 is 1. The van der Waals surface area contributed by atoms with Crippen LogP contribution in [-0.4, -0.2) is 38.4 Å². The summed E-state index contributed by atoms with van der Waals surface area (Å²) in [6.45, 7) is 2.85. The Labute approximate surface area is 85.0 Å². The highest BCUT2D eigenvalue weighted by molar-refractivity contribution is 5.75. The van der Waals surface area contributed by atoms with Crippen molar-refractivity contribution < 1.29 is 14.3 Å². The highest BCUT2D eigenvalue weighted by atomic mass is 16.5. The molecule has 0 radical (unpaired) electrons. The van der Waals surface area contributed by atoms with Crippen molar-refractivity contribution >= 4 is 5.97 Å². The second kappa shape index (κ2) is 5.98. The predicted octanol–water partition coefficient (Wildman–Crippen LogP) is 0.707. The number of nitrogens with one attached hydrogen (secondary N) is 1. The largest absolute Gasteiger partial charge is 0.465 e. The average molecular weight is 201 g/mol. The first-order valence-corrected chi connectivity index (χ1v) is 5.19. The van der Waals surface area contributed by atoms with Gasteiger partial charge in [0.2, 0.25) is 0 Å². The molecular weight excluding hydrogens is 182 g/mol. The van der Waals surface area contributed by atoms with E-state index in [4.69, 9.17) is 9.47 Å². The first kappa shape index (κ1) is 11.5. The minimum atomic E-state index is -0.192. The molecule has 1 aliphatic rings. The van der Waals surface area contributed by atoms with Crippen molar-refractivity contribution in [1.29, 1.82) is 0 Å². The van der Waals surface area contributed by atoms with Crippen molar-refractivity contribution in [1.82, 2.24) is 5.32 Å². The van der Waals surface area contributed by atoms with Crippen molar-refractivity contribution in [3.05, 3.63) is 0 Å². The number of ether oxygens (including phenoxy) is 2. The quantitative estimate of drug-likeness (QED) is 0.616. The van der Waals surface area contributed by atoms with Gasteiger partial charge in [-0.1, -0.05) is 0 Å². The topological polar surface area (TPSA) is 47.6 Å². The van der Waals surface area contributed by atoms with E-state index in [1.165, 1.54) is 12.8 Å². The number of carbonyl (C=O) groups excluding carboxylic acids is 1. The van der Waals surface area contributed by atoms with Crippen LogP contribution >= 0.6 is 0 Å². The fourth-order valence-electron chi connectivity index (χ4n) is 1.28. The van der Waals surface area contributed by atoms with Crippen LogP contribution < -0.4 is 5.32 Å². The summed E-state index contributed by atoms with van der Waals surface area (Å²) in [4.78, 5) is 11.5. The van der Waals surface area contributed by atoms with Crippen molar-refractivity contribution in [3.8, 4) is 0 Å². The first-order valence-electron chi connectivity index (χ1n) is 5.19. The molecule has 1 unspecified atom stereocenters. The fourth-order valence-corrected chi connectivity index (χ4v) is 1.28. The molecule has 82 valence electrons. The summed E-state index contributed by atoms with van der Waals surface area (Å²) in [6, 6.07) is 0.323. The molecular formula is C10H19NO3. The number of carbonyl (C=O) groups is 1. The highest BCUT2D eigenvalue weighted by Gasteiger charge is 2.28. The summed E-state index contributed by atoms with van der Waals surface area (Å²) in [7, 11) is 1.64. The van der Waals surface area contributed by atoms with Crippen molar-refractivity contribution in [2.75, 3.05) is 20.3 Å². The van der Waals surface area contributed by atoms with E-state index in [0.717, 1.165) is 0 Å². The molecule has 0 heterocycles. The van der Waals surface area contributed by atoms with Gasteiger partial charge < -0.3 is 14.8 Å². The van der Waals surface area contributed by atoms with Crippen LogP contribution in [0.15, 0.2) is 0 Å². The number of hydrogen-bond donors (Lipinski definition) is 1. The standard InChI is InChI=1S/C10H19NO3/c1-3-14-10(12)9(6-7-13-2)11-8-4-5-8/h8-9,11H,3-7H2,1-2H3. The Balaban J connectivity index is 2.29. The lowest BCUT2D eigenvalue weighted by atomic mass is 10.2. The maximum absolute atomic E-state index is 11.5. The summed E-state index contributed by atoms with van der Waals surface area (Å²) in [6.07, 6.45) is 3.03. The van der Waals surface area contributed by atoms with Crippen LogP contribution in [0.2, 0.25) is 0 Å². The minimum Gasteiger partial charge on any atom is -0.465 e. The molecule has 4 nitrogen and oxygen atoms in total. The van der Waals surface area contributed by atoms with E-state index in [1.54, 1.807) is 7.11 Å². The van der Waals surface area contributed by atoms with Crippen LogP contribution in [0.3, 0.4) is 0 Å². The Bertz CT molecular complexity index is 180. The lowest BCUT2D eigenvalue weighted by Crippen LogP contribution is -2.40. The molecule has 4 heteroatoms. The summed E-state index contributed by atoms with van der Waals surface area (Å²) in [5.41, 5.74) is 0. The summed E-state index contributed by atoms with van der Waals surface area (Å²) >= 11 is 0. The molecule has 0 bridgehead atoms. The van der Waals surface area contributed by atoms with Gasteiger partial charge in [0, 0.05) is 19.8 Å².